The highest BCUT2D eigenvalue weighted by atomic mass is 79.9. The van der Waals surface area contributed by atoms with Gasteiger partial charge in [-0.05, 0) is 6.92 Å². The Balaban J connectivity index is 3.60. The van der Waals surface area contributed by atoms with Crippen LogP contribution in [0.3, 0.4) is 0 Å². The largest absolute Gasteiger partial charge is 0.481 e. The fraction of sp³-hybridized carbons (Fsp3) is 0.667. The number of alkyl halides is 1. The van der Waals surface area contributed by atoms with Crippen LogP contribution in [-0.4, -0.2) is 28.5 Å². The molecule has 0 aromatic carbocycles. The number of hydrogen-bond donors (Lipinski definition) is 1. The SMILES string of the molecule is CC(CC(=O)O)OC(=O)CBr. The van der Waals surface area contributed by atoms with Crippen LogP contribution in [0.4, 0.5) is 0 Å². The standard InChI is InChI=1S/C6H9BrO4/c1-4(2-5(8)9)11-6(10)3-7/h4H,2-3H2,1H3,(H,8,9). The third kappa shape index (κ3) is 5.84. The summed E-state index contributed by atoms with van der Waals surface area (Å²) < 4.78 is 4.64. The predicted molar refractivity (Wildman–Crippen MR) is 41.6 cm³/mol. The van der Waals surface area contributed by atoms with Gasteiger partial charge >= 0.3 is 11.9 Å². The zero-order chi connectivity index (χ0) is 8.85. The second kappa shape index (κ2) is 5.12. The molecule has 11 heavy (non-hydrogen) atoms. The molecule has 0 aromatic rings. The molecule has 0 radical (unpaired) electrons. The van der Waals surface area contributed by atoms with E-state index in [1.54, 1.807) is 0 Å². The van der Waals surface area contributed by atoms with Gasteiger partial charge in [-0.2, -0.15) is 0 Å². The molecule has 0 rings (SSSR count). The fourth-order valence-electron chi connectivity index (χ4n) is 0.543. The van der Waals surface area contributed by atoms with Crippen LogP contribution < -0.4 is 0 Å². The molecule has 0 amide bonds. The van der Waals surface area contributed by atoms with E-state index in [2.05, 4.69) is 20.7 Å². The molecule has 5 heteroatoms. The molecule has 0 saturated heterocycles. The average Bonchev–Trinajstić information content (AvgIpc) is 1.85. The summed E-state index contributed by atoms with van der Waals surface area (Å²) in [5.74, 6) is -1.42. The number of rotatable bonds is 4. The Labute approximate surface area is 72.7 Å². The smallest absolute Gasteiger partial charge is 0.316 e. The van der Waals surface area contributed by atoms with E-state index in [9.17, 15) is 9.59 Å². The molecule has 0 aliphatic rings. The van der Waals surface area contributed by atoms with Crippen LogP contribution >= 0.6 is 15.9 Å². The van der Waals surface area contributed by atoms with Crippen LogP contribution in [0, 0.1) is 0 Å². The normalized spacial score (nSPS) is 12.2. The summed E-state index contributed by atoms with van der Waals surface area (Å²) in [5, 5.41) is 8.36. The summed E-state index contributed by atoms with van der Waals surface area (Å²) in [6, 6.07) is 0. The van der Waals surface area contributed by atoms with Gasteiger partial charge in [-0.25, -0.2) is 0 Å². The Kier molecular flexibility index (Phi) is 4.85. The van der Waals surface area contributed by atoms with Gasteiger partial charge in [0.2, 0.25) is 0 Å². The minimum Gasteiger partial charge on any atom is -0.481 e. The number of carboxylic acids is 1. The summed E-state index contributed by atoms with van der Waals surface area (Å²) in [6.45, 7) is 1.54. The van der Waals surface area contributed by atoms with E-state index in [1.807, 2.05) is 0 Å². The Morgan fingerprint density at radius 2 is 2.18 bits per heavy atom. The third-order valence-corrected chi connectivity index (χ3v) is 1.36. The molecular formula is C6H9BrO4. The van der Waals surface area contributed by atoms with Crippen molar-refractivity contribution >= 4 is 27.9 Å². The zero-order valence-corrected chi connectivity index (χ0v) is 7.63. The lowest BCUT2D eigenvalue weighted by molar-refractivity contribution is -0.149. The van der Waals surface area contributed by atoms with Crippen molar-refractivity contribution in [1.82, 2.24) is 0 Å². The Morgan fingerprint density at radius 1 is 1.64 bits per heavy atom. The molecule has 0 fully saturated rings. The van der Waals surface area contributed by atoms with Gasteiger partial charge in [-0.1, -0.05) is 15.9 Å². The van der Waals surface area contributed by atoms with Crippen LogP contribution in [0.15, 0.2) is 0 Å². The zero-order valence-electron chi connectivity index (χ0n) is 6.04. The average molecular weight is 225 g/mol. The van der Waals surface area contributed by atoms with Gasteiger partial charge in [0, 0.05) is 0 Å². The number of carbonyl (C=O) groups is 2. The molecule has 0 spiro atoms. The lowest BCUT2D eigenvalue weighted by Crippen LogP contribution is -2.18. The minimum absolute atomic E-state index is 0.0942. The predicted octanol–water partition coefficient (Wildman–Crippen LogP) is 0.788. The highest BCUT2D eigenvalue weighted by Crippen LogP contribution is 1.98. The molecule has 4 nitrogen and oxygen atoms in total. The molecule has 64 valence electrons. The van der Waals surface area contributed by atoms with Crippen LogP contribution in [-0.2, 0) is 14.3 Å². The minimum atomic E-state index is -0.972. The number of carboxylic acid groups (broad SMARTS) is 1. The highest BCUT2D eigenvalue weighted by Gasteiger charge is 2.11. The van der Waals surface area contributed by atoms with E-state index in [1.165, 1.54) is 6.92 Å². The lowest BCUT2D eigenvalue weighted by atomic mass is 10.3. The number of hydrogen-bond acceptors (Lipinski definition) is 3. The molecule has 0 aliphatic carbocycles. The maximum atomic E-state index is 10.5. The molecule has 0 aliphatic heterocycles. The van der Waals surface area contributed by atoms with Crippen LogP contribution in [0.2, 0.25) is 0 Å². The first-order valence-electron chi connectivity index (χ1n) is 3.03. The molecule has 0 bridgehead atoms. The van der Waals surface area contributed by atoms with E-state index in [0.29, 0.717) is 0 Å². The first kappa shape index (κ1) is 10.4. The quantitative estimate of drug-likeness (QED) is 0.567. The monoisotopic (exact) mass is 224 g/mol. The second-order valence-corrected chi connectivity index (χ2v) is 2.59. The Morgan fingerprint density at radius 3 is 2.55 bits per heavy atom. The summed E-state index contributed by atoms with van der Waals surface area (Å²) in [4.78, 5) is 20.6. The van der Waals surface area contributed by atoms with Crippen molar-refractivity contribution < 1.29 is 19.4 Å². The van der Waals surface area contributed by atoms with Crippen molar-refractivity contribution in [3.05, 3.63) is 0 Å². The van der Waals surface area contributed by atoms with Crippen molar-refractivity contribution in [2.75, 3.05) is 5.33 Å². The molecule has 0 heterocycles. The van der Waals surface area contributed by atoms with Crippen LogP contribution in [0.25, 0.3) is 0 Å². The van der Waals surface area contributed by atoms with Gasteiger partial charge in [-0.3, -0.25) is 9.59 Å². The van der Waals surface area contributed by atoms with Gasteiger partial charge in [0.15, 0.2) is 0 Å². The van der Waals surface area contributed by atoms with Gasteiger partial charge in [0.1, 0.15) is 11.4 Å². The van der Waals surface area contributed by atoms with Crippen LogP contribution in [0.1, 0.15) is 13.3 Å². The van der Waals surface area contributed by atoms with E-state index in [0.717, 1.165) is 0 Å². The third-order valence-electron chi connectivity index (χ3n) is 0.904. The first-order valence-corrected chi connectivity index (χ1v) is 4.15. The van der Waals surface area contributed by atoms with Crippen molar-refractivity contribution in [2.24, 2.45) is 0 Å². The first-order chi connectivity index (χ1) is 5.06. The Bertz CT molecular complexity index is 157. The number of ether oxygens (including phenoxy) is 1. The summed E-state index contributed by atoms with van der Waals surface area (Å²) in [5.41, 5.74) is 0. The maximum Gasteiger partial charge on any atom is 0.316 e. The van der Waals surface area contributed by atoms with Gasteiger partial charge in [0.05, 0.1) is 6.42 Å². The van der Waals surface area contributed by atoms with Crippen molar-refractivity contribution in [1.29, 1.82) is 0 Å². The number of esters is 1. The topological polar surface area (TPSA) is 63.6 Å². The van der Waals surface area contributed by atoms with Gasteiger partial charge in [-0.15, -0.1) is 0 Å². The number of aliphatic carboxylic acids is 1. The van der Waals surface area contributed by atoms with E-state index >= 15 is 0 Å². The van der Waals surface area contributed by atoms with Crippen molar-refractivity contribution in [3.63, 3.8) is 0 Å². The Hall–Kier alpha value is -0.580. The molecule has 1 unspecified atom stereocenters. The number of halogens is 1. The molecule has 1 N–H and O–H groups in total. The lowest BCUT2D eigenvalue weighted by Gasteiger charge is -2.08. The van der Waals surface area contributed by atoms with Crippen molar-refractivity contribution in [3.8, 4) is 0 Å². The maximum absolute atomic E-state index is 10.5. The summed E-state index contributed by atoms with van der Waals surface area (Å²) >= 11 is 2.89. The second-order valence-electron chi connectivity index (χ2n) is 2.03. The molecule has 1 atom stereocenters. The molecular weight excluding hydrogens is 216 g/mol. The number of carbonyl (C=O) groups excluding carboxylic acids is 1. The van der Waals surface area contributed by atoms with E-state index in [4.69, 9.17) is 5.11 Å². The molecule has 0 aromatic heterocycles. The summed E-state index contributed by atoms with van der Waals surface area (Å²) in [6.07, 6.45) is -0.712. The van der Waals surface area contributed by atoms with Crippen LogP contribution in [0.5, 0.6) is 0 Å². The van der Waals surface area contributed by atoms with E-state index < -0.39 is 18.0 Å². The van der Waals surface area contributed by atoms with Gasteiger partial charge in [0.25, 0.3) is 0 Å². The van der Waals surface area contributed by atoms with E-state index in [-0.39, 0.29) is 11.8 Å². The van der Waals surface area contributed by atoms with Gasteiger partial charge < -0.3 is 9.84 Å². The summed E-state index contributed by atoms with van der Waals surface area (Å²) in [7, 11) is 0. The fourth-order valence-corrected chi connectivity index (χ4v) is 0.676. The highest BCUT2D eigenvalue weighted by molar-refractivity contribution is 9.09. The molecule has 0 saturated carbocycles. The van der Waals surface area contributed by atoms with Crippen molar-refractivity contribution in [2.45, 2.75) is 19.4 Å².